The lowest BCUT2D eigenvalue weighted by atomic mass is 9.90. The van der Waals surface area contributed by atoms with Crippen LogP contribution in [0.3, 0.4) is 0 Å². The molecule has 0 bridgehead atoms. The first-order chi connectivity index (χ1) is 12.7. The highest BCUT2D eigenvalue weighted by Crippen LogP contribution is 2.32. The van der Waals surface area contributed by atoms with E-state index in [1.807, 2.05) is 12.1 Å². The molecule has 26 heavy (non-hydrogen) atoms. The minimum Gasteiger partial charge on any atom is -0.326 e. The number of carbonyl (C=O) groups excluding carboxylic acids is 1. The predicted octanol–water partition coefficient (Wildman–Crippen LogP) is 3.54. The number of anilines is 1. The van der Waals surface area contributed by atoms with Gasteiger partial charge in [0, 0.05) is 49.7 Å². The van der Waals surface area contributed by atoms with Crippen molar-refractivity contribution in [2.45, 2.75) is 37.8 Å². The van der Waals surface area contributed by atoms with Gasteiger partial charge >= 0.3 is 0 Å². The first kappa shape index (κ1) is 17.3. The van der Waals surface area contributed by atoms with Crippen LogP contribution in [0.25, 0.3) is 0 Å². The summed E-state index contributed by atoms with van der Waals surface area (Å²) in [5.74, 6) is 0.391. The van der Waals surface area contributed by atoms with Gasteiger partial charge in [-0.15, -0.1) is 0 Å². The van der Waals surface area contributed by atoms with Crippen LogP contribution in [0.4, 0.5) is 5.69 Å². The van der Waals surface area contributed by atoms with E-state index < -0.39 is 0 Å². The highest BCUT2D eigenvalue weighted by molar-refractivity contribution is 5.94. The zero-order chi connectivity index (χ0) is 17.9. The number of benzene rings is 2. The number of carbonyl (C=O) groups is 1. The summed E-state index contributed by atoms with van der Waals surface area (Å²) in [7, 11) is 0. The first-order valence-electron chi connectivity index (χ1n) is 9.62. The van der Waals surface area contributed by atoms with Gasteiger partial charge in [0.1, 0.15) is 0 Å². The van der Waals surface area contributed by atoms with Gasteiger partial charge in [0.25, 0.3) is 0 Å². The number of nitrogens with zero attached hydrogens (tertiary/aromatic N) is 1. The topological polar surface area (TPSA) is 44.4 Å². The van der Waals surface area contributed by atoms with E-state index in [0.29, 0.717) is 18.5 Å². The zero-order valence-corrected chi connectivity index (χ0v) is 15.3. The molecule has 4 heteroatoms. The molecule has 0 unspecified atom stereocenters. The summed E-state index contributed by atoms with van der Waals surface area (Å²) in [5, 5.41) is 6.71. The lowest BCUT2D eigenvalue weighted by Crippen LogP contribution is -2.37. The SMILES string of the molecule is C[C@H](c1ccccc1)N1CC[C@@H](NC[C@H]2CC(=O)Nc3ccccc32)C1. The Labute approximate surface area is 155 Å². The average Bonchev–Trinajstić information content (AvgIpc) is 3.15. The van der Waals surface area contributed by atoms with Gasteiger partial charge in [0.2, 0.25) is 5.91 Å². The molecule has 1 fully saturated rings. The molecule has 1 amide bonds. The largest absolute Gasteiger partial charge is 0.326 e. The van der Waals surface area contributed by atoms with Crippen LogP contribution in [-0.2, 0) is 4.79 Å². The molecule has 3 atom stereocenters. The Morgan fingerprint density at radius 1 is 1.15 bits per heavy atom. The summed E-state index contributed by atoms with van der Waals surface area (Å²) in [6.07, 6.45) is 1.73. The third-order valence-corrected chi connectivity index (χ3v) is 5.81. The van der Waals surface area contributed by atoms with Gasteiger partial charge in [0.05, 0.1) is 0 Å². The van der Waals surface area contributed by atoms with E-state index in [-0.39, 0.29) is 11.8 Å². The van der Waals surface area contributed by atoms with E-state index in [2.05, 4.69) is 64.9 Å². The predicted molar refractivity (Wildman–Crippen MR) is 105 cm³/mol. The molecule has 2 N–H and O–H groups in total. The van der Waals surface area contributed by atoms with Crippen LogP contribution in [0, 0.1) is 0 Å². The number of rotatable bonds is 5. The highest BCUT2D eigenvalue weighted by Gasteiger charge is 2.29. The van der Waals surface area contributed by atoms with E-state index >= 15 is 0 Å². The van der Waals surface area contributed by atoms with Crippen LogP contribution in [-0.4, -0.2) is 36.5 Å². The number of para-hydroxylation sites is 1. The number of fused-ring (bicyclic) bond motifs is 1. The fourth-order valence-corrected chi connectivity index (χ4v) is 4.24. The molecule has 2 aromatic carbocycles. The normalized spacial score (nSPS) is 24.1. The van der Waals surface area contributed by atoms with Crippen molar-refractivity contribution in [2.75, 3.05) is 25.0 Å². The van der Waals surface area contributed by atoms with Gasteiger partial charge in [-0.2, -0.15) is 0 Å². The summed E-state index contributed by atoms with van der Waals surface area (Å²) < 4.78 is 0. The minimum absolute atomic E-state index is 0.126. The molecule has 4 nitrogen and oxygen atoms in total. The van der Waals surface area contributed by atoms with Gasteiger partial charge in [-0.3, -0.25) is 9.69 Å². The third-order valence-electron chi connectivity index (χ3n) is 5.81. The minimum atomic E-state index is 0.126. The smallest absolute Gasteiger partial charge is 0.225 e. The van der Waals surface area contributed by atoms with Crippen LogP contribution in [0.1, 0.15) is 42.9 Å². The lowest BCUT2D eigenvalue weighted by Gasteiger charge is -2.28. The molecular formula is C22H27N3O. The number of nitrogens with one attached hydrogen (secondary N) is 2. The molecule has 1 saturated heterocycles. The van der Waals surface area contributed by atoms with Crippen molar-refractivity contribution < 1.29 is 4.79 Å². The standard InChI is InChI=1S/C22H27N3O/c1-16(17-7-3-2-4-8-17)25-12-11-19(15-25)23-14-18-13-22(26)24-21-10-6-5-9-20(18)21/h2-10,16,18-19,23H,11-15H2,1H3,(H,24,26)/t16-,18-,19-/m1/s1. The molecule has 136 valence electrons. The summed E-state index contributed by atoms with van der Waals surface area (Å²) >= 11 is 0. The van der Waals surface area contributed by atoms with E-state index in [1.165, 1.54) is 11.1 Å². The molecule has 4 rings (SSSR count). The average molecular weight is 349 g/mol. The maximum absolute atomic E-state index is 12.0. The van der Waals surface area contributed by atoms with Crippen LogP contribution < -0.4 is 10.6 Å². The second-order valence-electron chi connectivity index (χ2n) is 7.51. The highest BCUT2D eigenvalue weighted by atomic mass is 16.1. The zero-order valence-electron chi connectivity index (χ0n) is 15.3. The van der Waals surface area contributed by atoms with Crippen molar-refractivity contribution in [3.05, 3.63) is 65.7 Å². The van der Waals surface area contributed by atoms with E-state index in [9.17, 15) is 4.79 Å². The van der Waals surface area contributed by atoms with Gasteiger partial charge in [0.15, 0.2) is 0 Å². The Bertz CT molecular complexity index is 761. The number of hydrogen-bond acceptors (Lipinski definition) is 3. The fourth-order valence-electron chi connectivity index (χ4n) is 4.24. The molecule has 0 saturated carbocycles. The van der Waals surface area contributed by atoms with Gasteiger partial charge in [-0.1, -0.05) is 48.5 Å². The van der Waals surface area contributed by atoms with Crippen LogP contribution in [0.2, 0.25) is 0 Å². The molecule has 0 aliphatic carbocycles. The number of likely N-dealkylation sites (tertiary alicyclic amines) is 1. The van der Waals surface area contributed by atoms with Crippen LogP contribution in [0.15, 0.2) is 54.6 Å². The second kappa shape index (κ2) is 7.60. The maximum atomic E-state index is 12.0. The molecule has 0 aromatic heterocycles. The monoisotopic (exact) mass is 349 g/mol. The maximum Gasteiger partial charge on any atom is 0.225 e. The summed E-state index contributed by atoms with van der Waals surface area (Å²) in [4.78, 5) is 14.5. The lowest BCUT2D eigenvalue weighted by molar-refractivity contribution is -0.116. The van der Waals surface area contributed by atoms with Crippen molar-refractivity contribution in [3.8, 4) is 0 Å². The fraction of sp³-hybridized carbons (Fsp3) is 0.409. The second-order valence-corrected chi connectivity index (χ2v) is 7.51. The molecule has 2 aliphatic rings. The van der Waals surface area contributed by atoms with Gasteiger partial charge < -0.3 is 10.6 Å². The van der Waals surface area contributed by atoms with Crippen molar-refractivity contribution in [3.63, 3.8) is 0 Å². The van der Waals surface area contributed by atoms with E-state index in [4.69, 9.17) is 0 Å². The molecule has 2 aromatic rings. The van der Waals surface area contributed by atoms with E-state index in [0.717, 1.165) is 31.7 Å². The number of hydrogen-bond donors (Lipinski definition) is 2. The Morgan fingerprint density at radius 3 is 2.77 bits per heavy atom. The molecular weight excluding hydrogens is 322 g/mol. The van der Waals surface area contributed by atoms with Crippen molar-refractivity contribution in [1.82, 2.24) is 10.2 Å². The van der Waals surface area contributed by atoms with Gasteiger partial charge in [-0.05, 0) is 30.5 Å². The summed E-state index contributed by atoms with van der Waals surface area (Å²) in [6, 6.07) is 19.8. The quantitative estimate of drug-likeness (QED) is 0.868. The first-order valence-corrected chi connectivity index (χ1v) is 9.62. The van der Waals surface area contributed by atoms with Crippen LogP contribution >= 0.6 is 0 Å². The molecule has 2 aliphatic heterocycles. The number of amides is 1. The van der Waals surface area contributed by atoms with Crippen molar-refractivity contribution >= 4 is 11.6 Å². The Balaban J connectivity index is 1.34. The van der Waals surface area contributed by atoms with Crippen molar-refractivity contribution in [2.24, 2.45) is 0 Å². The molecule has 0 radical (unpaired) electrons. The molecule has 2 heterocycles. The summed E-state index contributed by atoms with van der Waals surface area (Å²) in [5.41, 5.74) is 3.61. The Hall–Kier alpha value is -2.17. The van der Waals surface area contributed by atoms with E-state index in [1.54, 1.807) is 0 Å². The summed E-state index contributed by atoms with van der Waals surface area (Å²) in [6.45, 7) is 5.34. The third kappa shape index (κ3) is 3.67. The van der Waals surface area contributed by atoms with Gasteiger partial charge in [-0.25, -0.2) is 0 Å². The molecule has 0 spiro atoms. The Morgan fingerprint density at radius 2 is 1.92 bits per heavy atom. The Kier molecular flexibility index (Phi) is 5.05. The van der Waals surface area contributed by atoms with Crippen molar-refractivity contribution in [1.29, 1.82) is 0 Å². The van der Waals surface area contributed by atoms with Crippen LogP contribution in [0.5, 0.6) is 0 Å².